The fourth-order valence-corrected chi connectivity index (χ4v) is 2.75. The number of amides is 1. The summed E-state index contributed by atoms with van der Waals surface area (Å²) in [6, 6.07) is 4.96. The van der Waals surface area contributed by atoms with Crippen molar-refractivity contribution in [3.8, 4) is 0 Å². The van der Waals surface area contributed by atoms with Gasteiger partial charge < -0.3 is 15.2 Å². The van der Waals surface area contributed by atoms with Gasteiger partial charge >= 0.3 is 5.97 Å². The van der Waals surface area contributed by atoms with Gasteiger partial charge in [0.2, 0.25) is 5.91 Å². The van der Waals surface area contributed by atoms with E-state index in [2.05, 4.69) is 5.32 Å². The number of hydrogen-bond donors (Lipinski definition) is 2. The van der Waals surface area contributed by atoms with E-state index in [-0.39, 0.29) is 18.9 Å². The number of carboxylic acid groups (broad SMARTS) is 1. The topological polar surface area (TPSA) is 75.6 Å². The summed E-state index contributed by atoms with van der Waals surface area (Å²) in [5.41, 5.74) is -0.213. The molecular weight excluding hydrogens is 289 g/mol. The van der Waals surface area contributed by atoms with Gasteiger partial charge in [0.05, 0.1) is 5.41 Å². The van der Waals surface area contributed by atoms with Gasteiger partial charge in [0.15, 0.2) is 0 Å². The molecule has 2 rings (SSSR count). The standard InChI is InChI=1S/C16H20FNO4/c1-22-9-6-13(14(19)20)18-15(21)16(7-3-8-16)11-4-2-5-12(17)10-11/h2,4-5,10,13H,3,6-9H2,1H3,(H,18,21)(H,19,20). The number of carbonyl (C=O) groups excluding carboxylic acids is 1. The number of carboxylic acids is 1. The normalized spacial score (nSPS) is 17.4. The van der Waals surface area contributed by atoms with Crippen molar-refractivity contribution in [2.75, 3.05) is 13.7 Å². The van der Waals surface area contributed by atoms with Crippen LogP contribution in [0.3, 0.4) is 0 Å². The quantitative estimate of drug-likeness (QED) is 0.806. The Morgan fingerprint density at radius 1 is 1.45 bits per heavy atom. The predicted octanol–water partition coefficient (Wildman–Crippen LogP) is 1.85. The predicted molar refractivity (Wildman–Crippen MR) is 78.0 cm³/mol. The lowest BCUT2D eigenvalue weighted by molar-refractivity contribution is -0.144. The maximum absolute atomic E-state index is 13.4. The van der Waals surface area contributed by atoms with E-state index in [1.807, 2.05) is 0 Å². The van der Waals surface area contributed by atoms with Crippen LogP contribution in [-0.2, 0) is 19.7 Å². The van der Waals surface area contributed by atoms with Crippen molar-refractivity contribution in [3.05, 3.63) is 35.6 Å². The highest BCUT2D eigenvalue weighted by molar-refractivity contribution is 5.92. The van der Waals surface area contributed by atoms with Crippen molar-refractivity contribution >= 4 is 11.9 Å². The molecule has 1 amide bonds. The number of rotatable bonds is 7. The third-order valence-corrected chi connectivity index (χ3v) is 4.23. The van der Waals surface area contributed by atoms with Crippen molar-refractivity contribution < 1.29 is 23.8 Å². The third-order valence-electron chi connectivity index (χ3n) is 4.23. The highest BCUT2D eigenvalue weighted by Crippen LogP contribution is 2.44. The number of methoxy groups -OCH3 is 1. The first kappa shape index (κ1) is 16.4. The van der Waals surface area contributed by atoms with Gasteiger partial charge in [-0.1, -0.05) is 18.6 Å². The Bertz CT molecular complexity index is 557. The molecule has 0 aliphatic heterocycles. The molecule has 1 fully saturated rings. The van der Waals surface area contributed by atoms with Crippen LogP contribution in [0.4, 0.5) is 4.39 Å². The fraction of sp³-hybridized carbons (Fsp3) is 0.500. The lowest BCUT2D eigenvalue weighted by atomic mass is 9.63. The summed E-state index contributed by atoms with van der Waals surface area (Å²) in [7, 11) is 1.47. The second-order valence-corrected chi connectivity index (χ2v) is 5.59. The van der Waals surface area contributed by atoms with E-state index in [1.165, 1.54) is 19.2 Å². The van der Waals surface area contributed by atoms with E-state index < -0.39 is 23.2 Å². The van der Waals surface area contributed by atoms with Crippen molar-refractivity contribution in [1.82, 2.24) is 5.32 Å². The molecule has 1 aromatic carbocycles. The van der Waals surface area contributed by atoms with Crippen LogP contribution in [0, 0.1) is 5.82 Å². The fourth-order valence-electron chi connectivity index (χ4n) is 2.75. The Morgan fingerprint density at radius 2 is 2.18 bits per heavy atom. The average molecular weight is 309 g/mol. The summed E-state index contributed by atoms with van der Waals surface area (Å²) < 4.78 is 18.3. The maximum atomic E-state index is 13.4. The summed E-state index contributed by atoms with van der Waals surface area (Å²) >= 11 is 0. The number of nitrogens with one attached hydrogen (secondary N) is 1. The van der Waals surface area contributed by atoms with Gasteiger partial charge in [-0.05, 0) is 30.5 Å². The molecule has 6 heteroatoms. The molecule has 22 heavy (non-hydrogen) atoms. The molecule has 1 aliphatic carbocycles. The number of halogens is 1. The zero-order chi connectivity index (χ0) is 16.2. The maximum Gasteiger partial charge on any atom is 0.326 e. The molecule has 1 unspecified atom stereocenters. The molecule has 2 N–H and O–H groups in total. The monoisotopic (exact) mass is 309 g/mol. The zero-order valence-electron chi connectivity index (χ0n) is 12.5. The van der Waals surface area contributed by atoms with Crippen LogP contribution in [0.2, 0.25) is 0 Å². The van der Waals surface area contributed by atoms with Crippen LogP contribution < -0.4 is 5.32 Å². The van der Waals surface area contributed by atoms with E-state index in [9.17, 15) is 19.1 Å². The van der Waals surface area contributed by atoms with Gasteiger partial charge in [-0.15, -0.1) is 0 Å². The number of aliphatic carboxylic acids is 1. The Kier molecular flexibility index (Phi) is 5.13. The van der Waals surface area contributed by atoms with Crippen LogP contribution in [0.1, 0.15) is 31.2 Å². The van der Waals surface area contributed by atoms with Gasteiger partial charge in [0.25, 0.3) is 0 Å². The minimum Gasteiger partial charge on any atom is -0.480 e. The van der Waals surface area contributed by atoms with Crippen molar-refractivity contribution in [1.29, 1.82) is 0 Å². The first-order valence-corrected chi connectivity index (χ1v) is 7.28. The molecule has 0 heterocycles. The molecule has 0 saturated heterocycles. The Morgan fingerprint density at radius 3 is 2.68 bits per heavy atom. The third kappa shape index (κ3) is 3.27. The van der Waals surface area contributed by atoms with Gasteiger partial charge in [0.1, 0.15) is 11.9 Å². The summed E-state index contributed by atoms with van der Waals surface area (Å²) in [5, 5.41) is 11.8. The molecule has 0 radical (unpaired) electrons. The highest BCUT2D eigenvalue weighted by atomic mass is 19.1. The van der Waals surface area contributed by atoms with Crippen LogP contribution in [-0.4, -0.2) is 36.7 Å². The molecule has 5 nitrogen and oxygen atoms in total. The van der Waals surface area contributed by atoms with Crippen LogP contribution in [0.15, 0.2) is 24.3 Å². The van der Waals surface area contributed by atoms with Gasteiger partial charge in [-0.25, -0.2) is 9.18 Å². The number of benzene rings is 1. The van der Waals surface area contributed by atoms with Gasteiger partial charge in [-0.3, -0.25) is 4.79 Å². The van der Waals surface area contributed by atoms with Crippen molar-refractivity contribution in [2.24, 2.45) is 0 Å². The molecule has 1 atom stereocenters. The van der Waals surface area contributed by atoms with Crippen LogP contribution in [0.25, 0.3) is 0 Å². The van der Waals surface area contributed by atoms with Crippen molar-refractivity contribution in [3.63, 3.8) is 0 Å². The van der Waals surface area contributed by atoms with Crippen molar-refractivity contribution in [2.45, 2.75) is 37.1 Å². The zero-order valence-corrected chi connectivity index (χ0v) is 12.5. The SMILES string of the molecule is COCCC(NC(=O)C1(c2cccc(F)c2)CCC1)C(=O)O. The van der Waals surface area contributed by atoms with Gasteiger partial charge in [0, 0.05) is 20.1 Å². The number of ether oxygens (including phenoxy) is 1. The second kappa shape index (κ2) is 6.87. The summed E-state index contributed by atoms with van der Waals surface area (Å²) in [6.07, 6.45) is 2.24. The largest absolute Gasteiger partial charge is 0.480 e. The number of carbonyl (C=O) groups is 2. The van der Waals surface area contributed by atoms with E-state index in [0.29, 0.717) is 18.4 Å². The molecule has 0 aromatic heterocycles. The Hall–Kier alpha value is -1.95. The minimum atomic E-state index is -1.10. The van der Waals surface area contributed by atoms with Crippen LogP contribution >= 0.6 is 0 Å². The van der Waals surface area contributed by atoms with Gasteiger partial charge in [-0.2, -0.15) is 0 Å². The number of hydrogen-bond acceptors (Lipinski definition) is 3. The molecular formula is C16H20FNO4. The lowest BCUT2D eigenvalue weighted by Gasteiger charge is -2.41. The minimum absolute atomic E-state index is 0.191. The van der Waals surface area contributed by atoms with E-state index in [1.54, 1.807) is 12.1 Å². The molecule has 0 bridgehead atoms. The second-order valence-electron chi connectivity index (χ2n) is 5.59. The Balaban J connectivity index is 2.16. The first-order chi connectivity index (χ1) is 10.5. The Labute approximate surface area is 128 Å². The van der Waals surface area contributed by atoms with E-state index in [0.717, 1.165) is 6.42 Å². The van der Waals surface area contributed by atoms with E-state index in [4.69, 9.17) is 4.74 Å². The molecule has 0 spiro atoms. The highest BCUT2D eigenvalue weighted by Gasteiger charge is 2.46. The molecule has 1 saturated carbocycles. The average Bonchev–Trinajstić information content (AvgIpc) is 2.42. The summed E-state index contributed by atoms with van der Waals surface area (Å²) in [4.78, 5) is 23.8. The summed E-state index contributed by atoms with van der Waals surface area (Å²) in [6.45, 7) is 0.240. The van der Waals surface area contributed by atoms with E-state index >= 15 is 0 Å². The molecule has 120 valence electrons. The summed E-state index contributed by atoms with van der Waals surface area (Å²) in [5.74, 6) is -1.85. The van der Waals surface area contributed by atoms with Crippen LogP contribution in [0.5, 0.6) is 0 Å². The molecule has 1 aromatic rings. The lowest BCUT2D eigenvalue weighted by Crippen LogP contribution is -2.54. The molecule has 1 aliphatic rings. The smallest absolute Gasteiger partial charge is 0.326 e. The first-order valence-electron chi connectivity index (χ1n) is 7.28.